The summed E-state index contributed by atoms with van der Waals surface area (Å²) in [5.41, 5.74) is 1.25. The molecule has 1 aliphatic carbocycles. The average molecular weight is 230 g/mol. The summed E-state index contributed by atoms with van der Waals surface area (Å²) in [6.07, 6.45) is 6.56. The highest BCUT2D eigenvalue weighted by atomic mass is 16.1. The van der Waals surface area contributed by atoms with Crippen LogP contribution >= 0.6 is 0 Å². The minimum absolute atomic E-state index is 0.0313. The number of pyridine rings is 1. The molecule has 2 heterocycles. The van der Waals surface area contributed by atoms with Gasteiger partial charge in [0.1, 0.15) is 0 Å². The summed E-state index contributed by atoms with van der Waals surface area (Å²) in [4.78, 5) is 16.3. The van der Waals surface area contributed by atoms with Crippen molar-refractivity contribution in [2.45, 2.75) is 31.7 Å². The van der Waals surface area contributed by atoms with Gasteiger partial charge >= 0.3 is 0 Å². The number of aromatic nitrogens is 3. The van der Waals surface area contributed by atoms with Crippen LogP contribution in [-0.4, -0.2) is 26.6 Å². The molecule has 1 aliphatic rings. The van der Waals surface area contributed by atoms with Crippen molar-refractivity contribution in [3.8, 4) is 0 Å². The second-order valence-corrected chi connectivity index (χ2v) is 4.86. The molecule has 0 saturated heterocycles. The molecule has 5 heteroatoms. The number of fused-ring (bicyclic) bond motifs is 1. The van der Waals surface area contributed by atoms with E-state index in [0.29, 0.717) is 11.2 Å². The molecule has 88 valence electrons. The predicted molar refractivity (Wildman–Crippen MR) is 63.6 cm³/mol. The molecule has 0 bridgehead atoms. The number of nitrogens with zero attached hydrogens (tertiary/aromatic N) is 2. The zero-order valence-corrected chi connectivity index (χ0v) is 9.66. The van der Waals surface area contributed by atoms with Crippen molar-refractivity contribution in [2.24, 2.45) is 0 Å². The van der Waals surface area contributed by atoms with E-state index in [1.54, 1.807) is 18.5 Å². The smallest absolute Gasteiger partial charge is 0.252 e. The number of H-pyrrole nitrogens is 1. The van der Waals surface area contributed by atoms with Gasteiger partial charge in [0.15, 0.2) is 5.65 Å². The molecule has 2 N–H and O–H groups in total. The van der Waals surface area contributed by atoms with Crippen molar-refractivity contribution < 1.29 is 4.79 Å². The van der Waals surface area contributed by atoms with Crippen molar-refractivity contribution in [1.29, 1.82) is 0 Å². The molecule has 1 fully saturated rings. The van der Waals surface area contributed by atoms with Crippen molar-refractivity contribution >= 4 is 16.9 Å². The van der Waals surface area contributed by atoms with E-state index in [1.165, 1.54) is 6.42 Å². The number of nitrogens with one attached hydrogen (secondary N) is 2. The predicted octanol–water partition coefficient (Wildman–Crippen LogP) is 1.63. The lowest BCUT2D eigenvalue weighted by Gasteiger charge is -2.39. The van der Waals surface area contributed by atoms with E-state index < -0.39 is 0 Å². The summed E-state index contributed by atoms with van der Waals surface area (Å²) in [6.45, 7) is 2.09. The third-order valence-electron chi connectivity index (χ3n) is 3.47. The Morgan fingerprint density at radius 1 is 1.53 bits per heavy atom. The number of aromatic amines is 1. The Morgan fingerprint density at radius 3 is 3.06 bits per heavy atom. The molecule has 0 radical (unpaired) electrons. The number of carbonyl (C=O) groups is 1. The van der Waals surface area contributed by atoms with E-state index in [-0.39, 0.29) is 11.4 Å². The lowest BCUT2D eigenvalue weighted by Crippen LogP contribution is -2.50. The zero-order valence-electron chi connectivity index (χ0n) is 9.66. The summed E-state index contributed by atoms with van der Waals surface area (Å²) in [6, 6.07) is 1.73. The molecule has 3 rings (SSSR count). The van der Waals surface area contributed by atoms with Crippen LogP contribution in [0, 0.1) is 0 Å². The van der Waals surface area contributed by atoms with Gasteiger partial charge in [-0.1, -0.05) is 0 Å². The molecular weight excluding hydrogens is 216 g/mol. The largest absolute Gasteiger partial charge is 0.347 e. The number of hydrogen-bond acceptors (Lipinski definition) is 3. The van der Waals surface area contributed by atoms with Crippen LogP contribution in [0.25, 0.3) is 11.0 Å². The lowest BCUT2D eigenvalue weighted by molar-refractivity contribution is 0.0852. The van der Waals surface area contributed by atoms with Crippen LogP contribution in [0.1, 0.15) is 36.5 Å². The number of rotatable bonds is 2. The second-order valence-electron chi connectivity index (χ2n) is 4.86. The van der Waals surface area contributed by atoms with Crippen LogP contribution in [0.2, 0.25) is 0 Å². The summed E-state index contributed by atoms with van der Waals surface area (Å²) in [5.74, 6) is -0.0407. The van der Waals surface area contributed by atoms with Crippen molar-refractivity contribution in [3.63, 3.8) is 0 Å². The monoisotopic (exact) mass is 230 g/mol. The zero-order chi connectivity index (χ0) is 11.9. The maximum absolute atomic E-state index is 12.2. The van der Waals surface area contributed by atoms with Gasteiger partial charge in [-0.05, 0) is 32.3 Å². The molecule has 0 atom stereocenters. The van der Waals surface area contributed by atoms with Crippen LogP contribution in [0.4, 0.5) is 0 Å². The fourth-order valence-electron chi connectivity index (χ4n) is 2.22. The summed E-state index contributed by atoms with van der Waals surface area (Å²) >= 11 is 0. The van der Waals surface area contributed by atoms with E-state index in [4.69, 9.17) is 0 Å². The molecule has 2 aromatic rings. The Hall–Kier alpha value is -1.91. The highest BCUT2D eigenvalue weighted by Crippen LogP contribution is 2.31. The summed E-state index contributed by atoms with van der Waals surface area (Å²) in [7, 11) is 0. The van der Waals surface area contributed by atoms with Gasteiger partial charge in [0.05, 0.1) is 17.1 Å². The molecule has 0 unspecified atom stereocenters. The molecule has 1 saturated carbocycles. The standard InChI is InChI=1S/C12H14N4O/c1-12(4-2-5-12)15-11(17)8-3-6-13-10-9(8)7-14-16-10/h3,6-7H,2,4-5H2,1H3,(H,15,17)(H,13,14,16). The van der Waals surface area contributed by atoms with Gasteiger partial charge in [0, 0.05) is 11.7 Å². The van der Waals surface area contributed by atoms with Crippen LogP contribution in [0.15, 0.2) is 18.5 Å². The van der Waals surface area contributed by atoms with Gasteiger partial charge in [0.2, 0.25) is 0 Å². The van der Waals surface area contributed by atoms with Crippen LogP contribution in [0.5, 0.6) is 0 Å². The summed E-state index contributed by atoms with van der Waals surface area (Å²) < 4.78 is 0. The first-order valence-corrected chi connectivity index (χ1v) is 5.79. The van der Waals surface area contributed by atoms with E-state index in [1.807, 2.05) is 0 Å². The lowest BCUT2D eigenvalue weighted by atomic mass is 9.78. The third kappa shape index (κ3) is 1.67. The molecular formula is C12H14N4O. The van der Waals surface area contributed by atoms with Gasteiger partial charge in [-0.2, -0.15) is 5.10 Å². The van der Waals surface area contributed by atoms with Gasteiger partial charge in [-0.25, -0.2) is 4.98 Å². The second kappa shape index (κ2) is 3.55. The SMILES string of the molecule is CC1(NC(=O)c2ccnc3[nH]ncc23)CCC1. The highest BCUT2D eigenvalue weighted by Gasteiger charge is 2.33. The molecule has 1 amide bonds. The average Bonchev–Trinajstić information content (AvgIpc) is 2.74. The van der Waals surface area contributed by atoms with E-state index in [2.05, 4.69) is 27.4 Å². The molecule has 2 aromatic heterocycles. The fourth-order valence-corrected chi connectivity index (χ4v) is 2.22. The van der Waals surface area contributed by atoms with Crippen LogP contribution in [-0.2, 0) is 0 Å². The molecule has 5 nitrogen and oxygen atoms in total. The Morgan fingerprint density at radius 2 is 2.35 bits per heavy atom. The Balaban J connectivity index is 1.92. The first-order chi connectivity index (χ1) is 8.18. The van der Waals surface area contributed by atoms with Crippen molar-refractivity contribution in [3.05, 3.63) is 24.0 Å². The Labute approximate surface area is 98.6 Å². The Bertz CT molecular complexity index is 571. The van der Waals surface area contributed by atoms with E-state index in [9.17, 15) is 4.79 Å². The molecule has 0 aliphatic heterocycles. The first-order valence-electron chi connectivity index (χ1n) is 5.79. The van der Waals surface area contributed by atoms with Crippen LogP contribution < -0.4 is 5.32 Å². The normalized spacial score (nSPS) is 17.7. The van der Waals surface area contributed by atoms with Crippen LogP contribution in [0.3, 0.4) is 0 Å². The molecule has 0 spiro atoms. The van der Waals surface area contributed by atoms with Crippen molar-refractivity contribution in [2.75, 3.05) is 0 Å². The summed E-state index contributed by atoms with van der Waals surface area (Å²) in [5, 5.41) is 10.5. The van der Waals surface area contributed by atoms with Crippen molar-refractivity contribution in [1.82, 2.24) is 20.5 Å². The van der Waals surface area contributed by atoms with Gasteiger partial charge in [-0.15, -0.1) is 0 Å². The van der Waals surface area contributed by atoms with Gasteiger partial charge in [0.25, 0.3) is 5.91 Å². The Kier molecular flexibility index (Phi) is 2.14. The van der Waals surface area contributed by atoms with E-state index >= 15 is 0 Å². The topological polar surface area (TPSA) is 70.7 Å². The third-order valence-corrected chi connectivity index (χ3v) is 3.47. The maximum atomic E-state index is 12.2. The number of hydrogen-bond donors (Lipinski definition) is 2. The van der Waals surface area contributed by atoms with E-state index in [0.717, 1.165) is 18.2 Å². The van der Waals surface area contributed by atoms with Gasteiger partial charge in [-0.3, -0.25) is 9.89 Å². The first kappa shape index (κ1) is 10.3. The molecule has 0 aromatic carbocycles. The quantitative estimate of drug-likeness (QED) is 0.823. The van der Waals surface area contributed by atoms with Gasteiger partial charge < -0.3 is 5.32 Å². The number of carbonyl (C=O) groups excluding carboxylic acids is 1. The maximum Gasteiger partial charge on any atom is 0.252 e. The minimum Gasteiger partial charge on any atom is -0.347 e. The fraction of sp³-hybridized carbons (Fsp3) is 0.417. The molecule has 17 heavy (non-hydrogen) atoms. The minimum atomic E-state index is -0.0407. The number of amides is 1. The highest BCUT2D eigenvalue weighted by molar-refractivity contribution is 6.05.